The van der Waals surface area contributed by atoms with E-state index in [2.05, 4.69) is 6.92 Å². The molecule has 4 rings (SSSR count). The summed E-state index contributed by atoms with van der Waals surface area (Å²) in [6.07, 6.45) is 4.35. The van der Waals surface area contributed by atoms with Gasteiger partial charge in [0.2, 0.25) is 0 Å². The zero-order valence-corrected chi connectivity index (χ0v) is 17.5. The molecule has 0 radical (unpaired) electrons. The van der Waals surface area contributed by atoms with E-state index < -0.39 is 0 Å². The normalized spacial score (nSPS) is 21.5. The molecule has 1 fully saturated rings. The fourth-order valence-electron chi connectivity index (χ4n) is 4.29. The molecule has 158 valence electrons. The molecule has 0 N–H and O–H groups in total. The zero-order valence-electron chi connectivity index (χ0n) is 17.5. The lowest BCUT2D eigenvalue weighted by molar-refractivity contribution is 0.0252. The molecule has 2 unspecified atom stereocenters. The highest BCUT2D eigenvalue weighted by atomic mass is 16.5. The van der Waals surface area contributed by atoms with E-state index in [9.17, 15) is 9.59 Å². The van der Waals surface area contributed by atoms with Crippen molar-refractivity contribution in [1.29, 1.82) is 0 Å². The van der Waals surface area contributed by atoms with Gasteiger partial charge in [-0.25, -0.2) is 4.79 Å². The third-order valence-corrected chi connectivity index (χ3v) is 5.92. The number of rotatable bonds is 5. The summed E-state index contributed by atoms with van der Waals surface area (Å²) in [5, 5.41) is 0. The van der Waals surface area contributed by atoms with Crippen molar-refractivity contribution < 1.29 is 19.1 Å². The maximum atomic E-state index is 13.2. The van der Waals surface area contributed by atoms with Gasteiger partial charge < -0.3 is 14.4 Å². The van der Waals surface area contributed by atoms with Crippen LogP contribution in [0.1, 0.15) is 70.6 Å². The highest BCUT2D eigenvalue weighted by molar-refractivity contribution is 5.97. The number of esters is 1. The van der Waals surface area contributed by atoms with Crippen LogP contribution in [0.3, 0.4) is 0 Å². The number of cyclic esters (lactones) is 1. The number of carbonyl (C=O) groups is 2. The van der Waals surface area contributed by atoms with E-state index in [0.29, 0.717) is 24.1 Å². The number of nitrogens with zero attached hydrogens (tertiary/aromatic N) is 1. The number of fused-ring (bicyclic) bond motifs is 1. The molecule has 0 bridgehead atoms. The smallest absolute Gasteiger partial charge is 0.339 e. The Bertz CT molecular complexity index is 895. The van der Waals surface area contributed by atoms with Crippen LogP contribution in [0.5, 0.6) is 0 Å². The molecule has 2 aliphatic rings. The summed E-state index contributed by atoms with van der Waals surface area (Å²) in [6.45, 7) is 4.35. The molecule has 1 saturated heterocycles. The molecule has 5 heteroatoms. The second-order valence-corrected chi connectivity index (χ2v) is 8.10. The Labute approximate surface area is 178 Å². The van der Waals surface area contributed by atoms with Crippen LogP contribution < -0.4 is 0 Å². The lowest BCUT2D eigenvalue weighted by Gasteiger charge is -2.26. The average molecular weight is 408 g/mol. The van der Waals surface area contributed by atoms with E-state index in [-0.39, 0.29) is 24.1 Å². The highest BCUT2D eigenvalue weighted by Gasteiger charge is 2.29. The summed E-state index contributed by atoms with van der Waals surface area (Å²) in [6, 6.07) is 15.1. The van der Waals surface area contributed by atoms with Crippen molar-refractivity contribution >= 4 is 11.9 Å². The SMILES string of the molecule is CCCOC1CCCN(C(=O)c2ccc3c(c2)CC(c2ccccc2)OC3=O)CC1. The molecule has 30 heavy (non-hydrogen) atoms. The van der Waals surface area contributed by atoms with Gasteiger partial charge in [0.25, 0.3) is 5.91 Å². The third kappa shape index (κ3) is 4.57. The van der Waals surface area contributed by atoms with Gasteiger partial charge in [-0.2, -0.15) is 0 Å². The van der Waals surface area contributed by atoms with Crippen molar-refractivity contribution in [3.63, 3.8) is 0 Å². The largest absolute Gasteiger partial charge is 0.454 e. The Morgan fingerprint density at radius 1 is 1.13 bits per heavy atom. The van der Waals surface area contributed by atoms with E-state index in [1.165, 1.54) is 0 Å². The Kier molecular flexibility index (Phi) is 6.48. The average Bonchev–Trinajstić information content (AvgIpc) is 3.03. The summed E-state index contributed by atoms with van der Waals surface area (Å²) in [4.78, 5) is 27.6. The van der Waals surface area contributed by atoms with Crippen LogP contribution >= 0.6 is 0 Å². The predicted octanol–water partition coefficient (Wildman–Crippen LogP) is 4.56. The number of hydrogen-bond donors (Lipinski definition) is 0. The number of amides is 1. The van der Waals surface area contributed by atoms with E-state index in [1.54, 1.807) is 12.1 Å². The van der Waals surface area contributed by atoms with Crippen LogP contribution in [-0.4, -0.2) is 42.6 Å². The molecular formula is C25H29NO4. The topological polar surface area (TPSA) is 55.8 Å². The minimum atomic E-state index is -0.324. The van der Waals surface area contributed by atoms with Gasteiger partial charge in [0.1, 0.15) is 6.10 Å². The molecule has 2 aromatic rings. The molecule has 0 aromatic heterocycles. The molecule has 0 aliphatic carbocycles. The van der Waals surface area contributed by atoms with Crippen LogP contribution in [0, 0.1) is 0 Å². The predicted molar refractivity (Wildman–Crippen MR) is 115 cm³/mol. The van der Waals surface area contributed by atoms with E-state index in [1.807, 2.05) is 41.3 Å². The van der Waals surface area contributed by atoms with Crippen molar-refractivity contribution in [2.75, 3.05) is 19.7 Å². The maximum absolute atomic E-state index is 13.2. The van der Waals surface area contributed by atoms with Gasteiger partial charge >= 0.3 is 5.97 Å². The number of benzene rings is 2. The fraction of sp³-hybridized carbons (Fsp3) is 0.440. The standard InChI is InChI=1S/C25H29NO4/c1-2-15-29-21-9-6-13-26(14-12-21)24(27)19-10-11-22-20(16-19)17-23(30-25(22)28)18-7-4-3-5-8-18/h3-5,7-8,10-11,16,21,23H,2,6,9,12-15,17H2,1H3. The molecule has 5 nitrogen and oxygen atoms in total. The third-order valence-electron chi connectivity index (χ3n) is 5.92. The van der Waals surface area contributed by atoms with Gasteiger partial charge in [-0.15, -0.1) is 0 Å². The van der Waals surface area contributed by atoms with Crippen LogP contribution in [0.15, 0.2) is 48.5 Å². The zero-order chi connectivity index (χ0) is 20.9. The lowest BCUT2D eigenvalue weighted by Crippen LogP contribution is -2.32. The van der Waals surface area contributed by atoms with Gasteiger partial charge in [0.05, 0.1) is 11.7 Å². The second-order valence-electron chi connectivity index (χ2n) is 8.10. The van der Waals surface area contributed by atoms with Crippen molar-refractivity contribution in [3.05, 3.63) is 70.8 Å². The van der Waals surface area contributed by atoms with Crippen molar-refractivity contribution in [1.82, 2.24) is 4.90 Å². The first-order valence-corrected chi connectivity index (χ1v) is 11.0. The molecule has 0 spiro atoms. The summed E-state index contributed by atoms with van der Waals surface area (Å²) in [7, 11) is 0. The van der Waals surface area contributed by atoms with Crippen LogP contribution in [0.4, 0.5) is 0 Å². The first-order chi connectivity index (χ1) is 14.7. The van der Waals surface area contributed by atoms with Crippen molar-refractivity contribution in [3.8, 4) is 0 Å². The lowest BCUT2D eigenvalue weighted by atomic mass is 9.93. The minimum absolute atomic E-state index is 0.0316. The number of hydrogen-bond acceptors (Lipinski definition) is 4. The number of carbonyl (C=O) groups excluding carboxylic acids is 2. The van der Waals surface area contributed by atoms with Crippen LogP contribution in [0.2, 0.25) is 0 Å². The van der Waals surface area contributed by atoms with E-state index in [0.717, 1.165) is 50.0 Å². The van der Waals surface area contributed by atoms with Crippen molar-refractivity contribution in [2.24, 2.45) is 0 Å². The summed E-state index contributed by atoms with van der Waals surface area (Å²) in [5.41, 5.74) is 3.05. The number of ether oxygens (including phenoxy) is 2. The minimum Gasteiger partial charge on any atom is -0.454 e. The van der Waals surface area contributed by atoms with Gasteiger partial charge in [-0.3, -0.25) is 4.79 Å². The Morgan fingerprint density at radius 2 is 1.97 bits per heavy atom. The van der Waals surface area contributed by atoms with Crippen LogP contribution in [0.25, 0.3) is 0 Å². The van der Waals surface area contributed by atoms with Gasteiger partial charge in [-0.05, 0) is 55.0 Å². The Morgan fingerprint density at radius 3 is 2.77 bits per heavy atom. The second kappa shape index (κ2) is 9.43. The van der Waals surface area contributed by atoms with Gasteiger partial charge in [-0.1, -0.05) is 37.3 Å². The Hall–Kier alpha value is -2.66. The number of likely N-dealkylation sites (tertiary alicyclic amines) is 1. The van der Waals surface area contributed by atoms with Gasteiger partial charge in [0, 0.05) is 31.7 Å². The maximum Gasteiger partial charge on any atom is 0.339 e. The first-order valence-electron chi connectivity index (χ1n) is 11.0. The quantitative estimate of drug-likeness (QED) is 0.682. The summed E-state index contributed by atoms with van der Waals surface area (Å²) >= 11 is 0. The van der Waals surface area contributed by atoms with E-state index in [4.69, 9.17) is 9.47 Å². The molecule has 1 amide bonds. The molecule has 2 aliphatic heterocycles. The summed E-state index contributed by atoms with van der Waals surface area (Å²) < 4.78 is 11.5. The fourth-order valence-corrected chi connectivity index (χ4v) is 4.29. The Balaban J connectivity index is 1.48. The molecule has 2 heterocycles. The molecular weight excluding hydrogens is 378 g/mol. The molecule has 2 aromatic carbocycles. The highest BCUT2D eigenvalue weighted by Crippen LogP contribution is 2.31. The summed E-state index contributed by atoms with van der Waals surface area (Å²) in [5.74, 6) is -0.293. The molecule has 0 saturated carbocycles. The van der Waals surface area contributed by atoms with E-state index >= 15 is 0 Å². The first kappa shape index (κ1) is 20.6. The monoisotopic (exact) mass is 407 g/mol. The molecule has 2 atom stereocenters. The van der Waals surface area contributed by atoms with Gasteiger partial charge in [0.15, 0.2) is 0 Å². The van der Waals surface area contributed by atoms with Crippen LogP contribution in [-0.2, 0) is 15.9 Å². The van der Waals surface area contributed by atoms with Crippen molar-refractivity contribution in [2.45, 2.75) is 51.2 Å².